The minimum atomic E-state index is -3.87. The fraction of sp³-hybridized carbons (Fsp3) is 0.444. The van der Waals surface area contributed by atoms with Crippen molar-refractivity contribution in [3.63, 3.8) is 0 Å². The number of nitrogens with one attached hydrogen (secondary N) is 1. The number of likely N-dealkylation sites (N-methyl/N-ethyl adjacent to an activating group) is 1. The van der Waals surface area contributed by atoms with Crippen LogP contribution in [0.3, 0.4) is 0 Å². The number of hydrogen-bond donors (Lipinski definition) is 2. The molecule has 0 aliphatic rings. The second-order valence-electron chi connectivity index (χ2n) is 3.85. The van der Waals surface area contributed by atoms with E-state index < -0.39 is 35.0 Å². The summed E-state index contributed by atoms with van der Waals surface area (Å²) in [6.07, 6.45) is 2.60. The standard InChI is InChI=1S/C9H14N4O5S/c1-12-4-7(10-6-12)19(17,18)11-3-8(14)13(2)5-9(15)16/h4,6,11H,3,5H2,1-2H3,(H,15,16). The minimum absolute atomic E-state index is 0.205. The summed E-state index contributed by atoms with van der Waals surface area (Å²) in [6.45, 7) is -1.02. The van der Waals surface area contributed by atoms with E-state index in [1.165, 1.54) is 24.1 Å². The predicted octanol–water partition coefficient (Wildman–Crippen LogP) is -1.76. The molecule has 0 spiro atoms. The van der Waals surface area contributed by atoms with E-state index in [0.717, 1.165) is 4.90 Å². The van der Waals surface area contributed by atoms with Crippen molar-refractivity contribution in [3.05, 3.63) is 12.5 Å². The maximum atomic E-state index is 11.7. The molecule has 1 amide bonds. The van der Waals surface area contributed by atoms with E-state index in [4.69, 9.17) is 5.11 Å². The lowest BCUT2D eigenvalue weighted by Gasteiger charge is -2.14. The van der Waals surface area contributed by atoms with Crippen molar-refractivity contribution < 1.29 is 23.1 Å². The van der Waals surface area contributed by atoms with Crippen molar-refractivity contribution in [3.8, 4) is 0 Å². The molecule has 1 rings (SSSR count). The molecule has 0 bridgehead atoms. The van der Waals surface area contributed by atoms with Gasteiger partial charge in [0.1, 0.15) is 6.54 Å². The summed E-state index contributed by atoms with van der Waals surface area (Å²) < 4.78 is 26.9. The molecule has 9 nitrogen and oxygen atoms in total. The molecular weight excluding hydrogens is 276 g/mol. The highest BCUT2D eigenvalue weighted by Gasteiger charge is 2.20. The van der Waals surface area contributed by atoms with Gasteiger partial charge in [-0.3, -0.25) is 9.59 Å². The van der Waals surface area contributed by atoms with E-state index in [1.807, 2.05) is 0 Å². The molecule has 0 fully saturated rings. The average molecular weight is 290 g/mol. The topological polar surface area (TPSA) is 122 Å². The van der Waals surface area contributed by atoms with Gasteiger partial charge in [0, 0.05) is 20.3 Å². The summed E-state index contributed by atoms with van der Waals surface area (Å²) in [4.78, 5) is 26.4. The zero-order chi connectivity index (χ0) is 14.6. The van der Waals surface area contributed by atoms with Crippen molar-refractivity contribution >= 4 is 21.9 Å². The molecule has 0 saturated heterocycles. The van der Waals surface area contributed by atoms with Crippen LogP contribution in [0.15, 0.2) is 17.6 Å². The molecule has 0 unspecified atom stereocenters. The molecule has 0 aromatic carbocycles. The van der Waals surface area contributed by atoms with Crippen LogP contribution in [0.4, 0.5) is 0 Å². The van der Waals surface area contributed by atoms with Crippen LogP contribution in [0.1, 0.15) is 0 Å². The van der Waals surface area contributed by atoms with Crippen molar-refractivity contribution in [1.82, 2.24) is 19.2 Å². The molecule has 10 heteroatoms. The number of nitrogens with zero attached hydrogens (tertiary/aromatic N) is 3. The van der Waals surface area contributed by atoms with Crippen LogP contribution in [-0.2, 0) is 26.7 Å². The summed E-state index contributed by atoms with van der Waals surface area (Å²) in [5.74, 6) is -1.83. The Bertz CT molecular complexity index is 579. The Hall–Kier alpha value is -1.94. The van der Waals surface area contributed by atoms with Crippen LogP contribution in [0.2, 0.25) is 0 Å². The van der Waals surface area contributed by atoms with Crippen LogP contribution >= 0.6 is 0 Å². The van der Waals surface area contributed by atoms with Gasteiger partial charge in [-0.15, -0.1) is 0 Å². The summed E-state index contributed by atoms with van der Waals surface area (Å²) in [7, 11) is -0.995. The highest BCUT2D eigenvalue weighted by Crippen LogP contribution is 2.03. The van der Waals surface area contributed by atoms with E-state index in [-0.39, 0.29) is 5.03 Å². The summed E-state index contributed by atoms with van der Waals surface area (Å²) in [5, 5.41) is 8.29. The Morgan fingerprint density at radius 2 is 2.16 bits per heavy atom. The van der Waals surface area contributed by atoms with Gasteiger partial charge in [-0.25, -0.2) is 18.1 Å². The first-order valence-corrected chi connectivity index (χ1v) is 6.64. The molecule has 0 saturated carbocycles. The monoisotopic (exact) mass is 290 g/mol. The van der Waals surface area contributed by atoms with Crippen molar-refractivity contribution in [2.45, 2.75) is 5.03 Å². The number of carbonyl (C=O) groups is 2. The third kappa shape index (κ3) is 4.34. The van der Waals surface area contributed by atoms with Gasteiger partial charge in [0.15, 0.2) is 5.03 Å². The summed E-state index contributed by atoms with van der Waals surface area (Å²) in [5.41, 5.74) is 0. The van der Waals surface area contributed by atoms with Gasteiger partial charge in [0.25, 0.3) is 10.0 Å². The second kappa shape index (κ2) is 5.80. The number of aromatic nitrogens is 2. The molecule has 2 N–H and O–H groups in total. The quantitative estimate of drug-likeness (QED) is 0.640. The van der Waals surface area contributed by atoms with E-state index in [2.05, 4.69) is 9.71 Å². The number of imidazole rings is 1. The van der Waals surface area contributed by atoms with E-state index in [9.17, 15) is 18.0 Å². The molecule has 0 aliphatic carbocycles. The van der Waals surface area contributed by atoms with Crippen molar-refractivity contribution in [2.75, 3.05) is 20.1 Å². The number of hydrogen-bond acceptors (Lipinski definition) is 5. The lowest BCUT2D eigenvalue weighted by Crippen LogP contribution is -2.40. The zero-order valence-corrected chi connectivity index (χ0v) is 11.2. The number of aryl methyl sites for hydroxylation is 1. The third-order valence-corrected chi connectivity index (χ3v) is 3.45. The molecular formula is C9H14N4O5S. The Kier molecular flexibility index (Phi) is 4.62. The van der Waals surface area contributed by atoms with Gasteiger partial charge >= 0.3 is 5.97 Å². The number of carboxylic acids is 1. The number of carboxylic acid groups (broad SMARTS) is 1. The van der Waals surface area contributed by atoms with E-state index in [1.54, 1.807) is 7.05 Å². The Labute approximate surface area is 109 Å². The van der Waals surface area contributed by atoms with Crippen LogP contribution in [-0.4, -0.2) is 60.0 Å². The second-order valence-corrected chi connectivity index (χ2v) is 5.56. The molecule has 0 atom stereocenters. The fourth-order valence-electron chi connectivity index (χ4n) is 1.18. The summed E-state index contributed by atoms with van der Waals surface area (Å²) >= 11 is 0. The molecule has 1 aromatic rings. The van der Waals surface area contributed by atoms with Crippen molar-refractivity contribution in [1.29, 1.82) is 0 Å². The first-order chi connectivity index (χ1) is 8.72. The lowest BCUT2D eigenvalue weighted by molar-refractivity contribution is -0.143. The molecule has 106 valence electrons. The fourth-order valence-corrected chi connectivity index (χ4v) is 2.14. The molecule has 19 heavy (non-hydrogen) atoms. The van der Waals surface area contributed by atoms with E-state index in [0.29, 0.717) is 0 Å². The lowest BCUT2D eigenvalue weighted by atomic mass is 10.5. The smallest absolute Gasteiger partial charge is 0.323 e. The number of carbonyl (C=O) groups excluding carboxylic acids is 1. The van der Waals surface area contributed by atoms with Crippen LogP contribution in [0.5, 0.6) is 0 Å². The highest BCUT2D eigenvalue weighted by atomic mass is 32.2. The van der Waals surface area contributed by atoms with Crippen LogP contribution < -0.4 is 4.72 Å². The molecule has 0 radical (unpaired) electrons. The van der Waals surface area contributed by atoms with Crippen molar-refractivity contribution in [2.24, 2.45) is 7.05 Å². The molecule has 1 heterocycles. The van der Waals surface area contributed by atoms with Gasteiger partial charge in [-0.05, 0) is 0 Å². The van der Waals surface area contributed by atoms with Gasteiger partial charge < -0.3 is 14.6 Å². The average Bonchev–Trinajstić information content (AvgIpc) is 2.72. The predicted molar refractivity (Wildman–Crippen MR) is 63.7 cm³/mol. The largest absolute Gasteiger partial charge is 0.480 e. The Balaban J connectivity index is 2.61. The number of aliphatic carboxylic acids is 1. The number of amides is 1. The Morgan fingerprint density at radius 3 is 2.63 bits per heavy atom. The minimum Gasteiger partial charge on any atom is -0.480 e. The normalized spacial score (nSPS) is 11.3. The summed E-state index contributed by atoms with van der Waals surface area (Å²) in [6, 6.07) is 0. The van der Waals surface area contributed by atoms with Crippen LogP contribution in [0.25, 0.3) is 0 Å². The first kappa shape index (κ1) is 15.1. The van der Waals surface area contributed by atoms with Gasteiger partial charge in [0.05, 0.1) is 12.9 Å². The molecule has 0 aliphatic heterocycles. The third-order valence-electron chi connectivity index (χ3n) is 2.17. The van der Waals surface area contributed by atoms with Crippen LogP contribution in [0, 0.1) is 0 Å². The zero-order valence-electron chi connectivity index (χ0n) is 10.4. The SMILES string of the molecule is CN(CC(=O)O)C(=O)CNS(=O)(=O)c1cn(C)cn1. The highest BCUT2D eigenvalue weighted by molar-refractivity contribution is 7.89. The van der Waals surface area contributed by atoms with Gasteiger partial charge in [-0.2, -0.15) is 0 Å². The van der Waals surface area contributed by atoms with Gasteiger partial charge in [0.2, 0.25) is 5.91 Å². The number of rotatable bonds is 6. The van der Waals surface area contributed by atoms with E-state index >= 15 is 0 Å². The maximum absolute atomic E-state index is 11.7. The molecule has 1 aromatic heterocycles. The number of sulfonamides is 1. The maximum Gasteiger partial charge on any atom is 0.323 e. The first-order valence-electron chi connectivity index (χ1n) is 5.16. The Morgan fingerprint density at radius 1 is 1.53 bits per heavy atom. The van der Waals surface area contributed by atoms with Gasteiger partial charge in [-0.1, -0.05) is 0 Å².